The van der Waals surface area contributed by atoms with E-state index < -0.39 is 0 Å². The summed E-state index contributed by atoms with van der Waals surface area (Å²) in [7, 11) is 4.04. The average Bonchev–Trinajstić information content (AvgIpc) is 2.90. The summed E-state index contributed by atoms with van der Waals surface area (Å²) in [6.45, 7) is 2.91. The van der Waals surface area contributed by atoms with Crippen LogP contribution in [-0.2, 0) is 0 Å². The zero-order valence-corrected chi connectivity index (χ0v) is 15.0. The van der Waals surface area contributed by atoms with E-state index in [2.05, 4.69) is 10.2 Å². The lowest BCUT2D eigenvalue weighted by atomic mass is 10.3. The molecule has 0 aromatic heterocycles. The van der Waals surface area contributed by atoms with Gasteiger partial charge in [0, 0.05) is 29.6 Å². The summed E-state index contributed by atoms with van der Waals surface area (Å²) in [5.41, 5.74) is 0. The predicted octanol–water partition coefficient (Wildman–Crippen LogP) is 3.11. The van der Waals surface area contributed by atoms with Crippen molar-refractivity contribution in [1.82, 2.24) is 15.1 Å². The van der Waals surface area contributed by atoms with Crippen LogP contribution in [0.4, 0.5) is 4.79 Å². The van der Waals surface area contributed by atoms with Gasteiger partial charge in [0.2, 0.25) is 0 Å². The van der Waals surface area contributed by atoms with Crippen molar-refractivity contribution in [3.63, 3.8) is 0 Å². The molecule has 7 heteroatoms. The molecule has 1 aliphatic rings. The quantitative estimate of drug-likeness (QED) is 0.793. The van der Waals surface area contributed by atoms with Crippen LogP contribution < -0.4 is 10.1 Å². The maximum atomic E-state index is 12.1. The zero-order valence-electron chi connectivity index (χ0n) is 13.5. The fraction of sp³-hybridized carbons (Fsp3) is 0.562. The summed E-state index contributed by atoms with van der Waals surface area (Å²) in [5, 5.41) is 4.03. The molecule has 1 unspecified atom stereocenters. The van der Waals surface area contributed by atoms with Crippen molar-refractivity contribution >= 4 is 29.2 Å². The van der Waals surface area contributed by atoms with E-state index in [0.29, 0.717) is 35.4 Å². The van der Waals surface area contributed by atoms with E-state index in [9.17, 15) is 4.79 Å². The highest BCUT2D eigenvalue weighted by molar-refractivity contribution is 6.34. The molecule has 1 fully saturated rings. The van der Waals surface area contributed by atoms with E-state index in [-0.39, 0.29) is 12.1 Å². The molecule has 1 aliphatic heterocycles. The van der Waals surface area contributed by atoms with Crippen molar-refractivity contribution < 1.29 is 9.53 Å². The molecule has 0 bridgehead atoms. The number of likely N-dealkylation sites (tertiary alicyclic amines) is 1. The van der Waals surface area contributed by atoms with Crippen molar-refractivity contribution in [2.24, 2.45) is 0 Å². The second-order valence-electron chi connectivity index (χ2n) is 5.97. The molecule has 1 atom stereocenters. The Labute approximate surface area is 147 Å². The van der Waals surface area contributed by atoms with Gasteiger partial charge in [-0.2, -0.15) is 0 Å². The van der Waals surface area contributed by atoms with Crippen LogP contribution >= 0.6 is 23.2 Å². The van der Waals surface area contributed by atoms with Gasteiger partial charge >= 0.3 is 6.03 Å². The van der Waals surface area contributed by atoms with Crippen LogP contribution in [0.15, 0.2) is 18.2 Å². The summed E-state index contributed by atoms with van der Waals surface area (Å²) in [6, 6.07) is 5.10. The Morgan fingerprint density at radius 1 is 1.35 bits per heavy atom. The SMILES string of the molecule is CN(C)CCCNC(=O)N1CCC(Oc2cc(Cl)cc(Cl)c2)C1. The number of nitrogens with zero attached hydrogens (tertiary/aromatic N) is 2. The summed E-state index contributed by atoms with van der Waals surface area (Å²) in [4.78, 5) is 16.0. The molecule has 2 amide bonds. The van der Waals surface area contributed by atoms with Crippen LogP contribution in [0, 0.1) is 0 Å². The molecule has 1 aromatic carbocycles. The highest BCUT2D eigenvalue weighted by Gasteiger charge is 2.27. The Kier molecular flexibility index (Phi) is 6.81. The van der Waals surface area contributed by atoms with E-state index in [1.807, 2.05) is 14.1 Å². The van der Waals surface area contributed by atoms with Crippen molar-refractivity contribution in [2.75, 3.05) is 40.3 Å². The van der Waals surface area contributed by atoms with Crippen molar-refractivity contribution in [2.45, 2.75) is 18.9 Å². The summed E-state index contributed by atoms with van der Waals surface area (Å²) >= 11 is 11.9. The van der Waals surface area contributed by atoms with Crippen molar-refractivity contribution in [1.29, 1.82) is 0 Å². The number of hydrogen-bond acceptors (Lipinski definition) is 3. The number of hydrogen-bond donors (Lipinski definition) is 1. The lowest BCUT2D eigenvalue weighted by Crippen LogP contribution is -2.40. The molecule has 1 N–H and O–H groups in total. The maximum absolute atomic E-state index is 12.1. The normalized spacial score (nSPS) is 17.6. The van der Waals surface area contributed by atoms with E-state index in [4.69, 9.17) is 27.9 Å². The van der Waals surface area contributed by atoms with Crippen LogP contribution in [0.25, 0.3) is 0 Å². The monoisotopic (exact) mass is 359 g/mol. The molecule has 0 radical (unpaired) electrons. The molecule has 2 rings (SSSR count). The Hall–Kier alpha value is -1.17. The maximum Gasteiger partial charge on any atom is 0.317 e. The first-order chi connectivity index (χ1) is 10.9. The third-order valence-corrected chi connectivity index (χ3v) is 4.07. The van der Waals surface area contributed by atoms with Gasteiger partial charge in [-0.3, -0.25) is 0 Å². The van der Waals surface area contributed by atoms with Gasteiger partial charge in [-0.25, -0.2) is 4.79 Å². The van der Waals surface area contributed by atoms with Crippen LogP contribution in [0.3, 0.4) is 0 Å². The van der Waals surface area contributed by atoms with Gasteiger partial charge in [0.05, 0.1) is 6.54 Å². The van der Waals surface area contributed by atoms with Gasteiger partial charge in [-0.05, 0) is 45.3 Å². The molecular formula is C16H23Cl2N3O2. The lowest BCUT2D eigenvalue weighted by molar-refractivity contribution is 0.186. The van der Waals surface area contributed by atoms with Gasteiger partial charge in [-0.1, -0.05) is 23.2 Å². The first kappa shape index (κ1) is 18.2. The molecular weight excluding hydrogens is 337 g/mol. The standard InChI is InChI=1S/C16H23Cl2N3O2/c1-20(2)6-3-5-19-16(22)21-7-4-14(11-21)23-15-9-12(17)8-13(18)10-15/h8-10,14H,3-7,11H2,1-2H3,(H,19,22). The third-order valence-electron chi connectivity index (χ3n) is 3.63. The molecule has 0 aliphatic carbocycles. The number of rotatable bonds is 6. The van der Waals surface area contributed by atoms with Crippen molar-refractivity contribution in [3.8, 4) is 5.75 Å². The van der Waals surface area contributed by atoms with Gasteiger partial charge in [0.25, 0.3) is 0 Å². The minimum Gasteiger partial charge on any atom is -0.488 e. The molecule has 5 nitrogen and oxygen atoms in total. The molecule has 128 valence electrons. The fourth-order valence-electron chi connectivity index (χ4n) is 2.50. The first-order valence-corrected chi connectivity index (χ1v) is 8.50. The molecule has 1 saturated heterocycles. The second-order valence-corrected chi connectivity index (χ2v) is 6.84. The Bertz CT molecular complexity index is 520. The van der Waals surface area contributed by atoms with E-state index in [1.54, 1.807) is 23.1 Å². The van der Waals surface area contributed by atoms with E-state index in [0.717, 1.165) is 19.4 Å². The van der Waals surface area contributed by atoms with Crippen molar-refractivity contribution in [3.05, 3.63) is 28.2 Å². The minimum atomic E-state index is -0.0305. The first-order valence-electron chi connectivity index (χ1n) is 7.74. The summed E-state index contributed by atoms with van der Waals surface area (Å²) < 4.78 is 5.88. The number of benzene rings is 1. The summed E-state index contributed by atoms with van der Waals surface area (Å²) in [5.74, 6) is 0.640. The average molecular weight is 360 g/mol. The second kappa shape index (κ2) is 8.62. The van der Waals surface area contributed by atoms with Gasteiger partial charge < -0.3 is 19.9 Å². The molecule has 0 saturated carbocycles. The number of urea groups is 1. The number of amides is 2. The molecule has 1 aromatic rings. The Balaban J connectivity index is 1.75. The van der Waals surface area contributed by atoms with Crippen LogP contribution in [0.1, 0.15) is 12.8 Å². The van der Waals surface area contributed by atoms with E-state index >= 15 is 0 Å². The zero-order chi connectivity index (χ0) is 16.8. The Morgan fingerprint density at radius 3 is 2.70 bits per heavy atom. The number of ether oxygens (including phenoxy) is 1. The lowest BCUT2D eigenvalue weighted by Gasteiger charge is -2.18. The fourth-order valence-corrected chi connectivity index (χ4v) is 3.01. The van der Waals surface area contributed by atoms with Crippen LogP contribution in [0.2, 0.25) is 10.0 Å². The topological polar surface area (TPSA) is 44.8 Å². The largest absolute Gasteiger partial charge is 0.488 e. The van der Waals surface area contributed by atoms with Crippen LogP contribution in [0.5, 0.6) is 5.75 Å². The third kappa shape index (κ3) is 6.09. The Morgan fingerprint density at radius 2 is 2.04 bits per heavy atom. The van der Waals surface area contributed by atoms with Gasteiger partial charge in [0.15, 0.2) is 0 Å². The molecule has 1 heterocycles. The minimum absolute atomic E-state index is 0.0287. The number of nitrogens with one attached hydrogen (secondary N) is 1. The summed E-state index contributed by atoms with van der Waals surface area (Å²) in [6.07, 6.45) is 1.71. The molecule has 0 spiro atoms. The van der Waals surface area contributed by atoms with E-state index in [1.165, 1.54) is 0 Å². The van der Waals surface area contributed by atoms with Gasteiger partial charge in [0.1, 0.15) is 11.9 Å². The molecule has 23 heavy (non-hydrogen) atoms. The predicted molar refractivity (Wildman–Crippen MR) is 93.6 cm³/mol. The number of halogens is 2. The smallest absolute Gasteiger partial charge is 0.317 e. The highest BCUT2D eigenvalue weighted by atomic mass is 35.5. The number of carbonyl (C=O) groups excluding carboxylic acids is 1. The number of carbonyl (C=O) groups is 1. The highest BCUT2D eigenvalue weighted by Crippen LogP contribution is 2.26. The van der Waals surface area contributed by atoms with Gasteiger partial charge in [-0.15, -0.1) is 0 Å². The van der Waals surface area contributed by atoms with Crippen LogP contribution in [-0.4, -0.2) is 62.2 Å².